The van der Waals surface area contributed by atoms with Crippen LogP contribution in [0.15, 0.2) is 18.2 Å². The van der Waals surface area contributed by atoms with Crippen LogP contribution in [0.4, 0.5) is 0 Å². The fraction of sp³-hybridized carbons (Fsp3) is 0.667. The molecule has 2 rings (SSSR count). The molecule has 1 nitrogen and oxygen atoms in total. The highest BCUT2D eigenvalue weighted by Gasteiger charge is 2.53. The fourth-order valence-corrected chi connectivity index (χ4v) is 4.00. The van der Waals surface area contributed by atoms with Crippen LogP contribution >= 0.6 is 11.6 Å². The molecule has 0 spiro atoms. The zero-order valence-corrected chi connectivity index (χ0v) is 14.1. The lowest BCUT2D eigenvalue weighted by Crippen LogP contribution is -2.56. The standard InChI is InChI=1S/C18H27ClO/c1-6-18(7-2)16(19)11-17(18)20-15-10-13(5)8-9-14(15)12(3)4/h8-10,12,16-17H,6-7,11H2,1-5H3. The molecule has 0 radical (unpaired) electrons. The Morgan fingerprint density at radius 3 is 2.45 bits per heavy atom. The maximum Gasteiger partial charge on any atom is 0.123 e. The zero-order valence-electron chi connectivity index (χ0n) is 13.4. The third kappa shape index (κ3) is 2.57. The largest absolute Gasteiger partial charge is 0.489 e. The van der Waals surface area contributed by atoms with E-state index in [0.717, 1.165) is 25.0 Å². The highest BCUT2D eigenvalue weighted by Crippen LogP contribution is 2.52. The molecular formula is C18H27ClO. The van der Waals surface area contributed by atoms with Gasteiger partial charge < -0.3 is 4.74 Å². The van der Waals surface area contributed by atoms with Crippen molar-refractivity contribution in [2.45, 2.75) is 71.3 Å². The second-order valence-electron chi connectivity index (χ2n) is 6.45. The Kier molecular flexibility index (Phi) is 4.69. The first-order chi connectivity index (χ1) is 9.44. The van der Waals surface area contributed by atoms with Gasteiger partial charge >= 0.3 is 0 Å². The van der Waals surface area contributed by atoms with E-state index < -0.39 is 0 Å². The Morgan fingerprint density at radius 1 is 1.30 bits per heavy atom. The first-order valence-electron chi connectivity index (χ1n) is 7.85. The lowest BCUT2D eigenvalue weighted by atomic mass is 9.62. The van der Waals surface area contributed by atoms with Crippen LogP contribution in [-0.2, 0) is 0 Å². The van der Waals surface area contributed by atoms with Crippen molar-refractivity contribution in [3.63, 3.8) is 0 Å². The minimum Gasteiger partial charge on any atom is -0.489 e. The lowest BCUT2D eigenvalue weighted by Gasteiger charge is -2.52. The second-order valence-corrected chi connectivity index (χ2v) is 6.97. The average molecular weight is 295 g/mol. The molecule has 1 saturated carbocycles. The van der Waals surface area contributed by atoms with Crippen LogP contribution in [0.1, 0.15) is 64.0 Å². The summed E-state index contributed by atoms with van der Waals surface area (Å²) in [5, 5.41) is 0.259. The molecule has 20 heavy (non-hydrogen) atoms. The molecule has 1 fully saturated rings. The van der Waals surface area contributed by atoms with Crippen molar-refractivity contribution in [1.82, 2.24) is 0 Å². The molecule has 2 unspecified atom stereocenters. The number of alkyl halides is 1. The molecule has 0 heterocycles. The molecule has 112 valence electrons. The van der Waals surface area contributed by atoms with E-state index in [-0.39, 0.29) is 16.9 Å². The third-order valence-corrected chi connectivity index (χ3v) is 5.68. The Balaban J connectivity index is 2.24. The summed E-state index contributed by atoms with van der Waals surface area (Å²) in [6.07, 6.45) is 3.41. The van der Waals surface area contributed by atoms with Crippen molar-refractivity contribution in [1.29, 1.82) is 0 Å². The summed E-state index contributed by atoms with van der Waals surface area (Å²) >= 11 is 6.49. The smallest absolute Gasteiger partial charge is 0.123 e. The number of hydrogen-bond acceptors (Lipinski definition) is 1. The van der Waals surface area contributed by atoms with Gasteiger partial charge in [0, 0.05) is 17.2 Å². The molecular weight excluding hydrogens is 268 g/mol. The topological polar surface area (TPSA) is 9.23 Å². The molecule has 0 saturated heterocycles. The zero-order chi connectivity index (χ0) is 14.9. The number of rotatable bonds is 5. The van der Waals surface area contributed by atoms with E-state index in [4.69, 9.17) is 16.3 Å². The summed E-state index contributed by atoms with van der Waals surface area (Å²) in [5.41, 5.74) is 2.71. The van der Waals surface area contributed by atoms with Crippen LogP contribution in [0.5, 0.6) is 5.75 Å². The number of halogens is 1. The summed E-state index contributed by atoms with van der Waals surface area (Å²) in [5.74, 6) is 1.54. The van der Waals surface area contributed by atoms with Gasteiger partial charge in [0.2, 0.25) is 0 Å². The molecule has 1 aromatic rings. The first-order valence-corrected chi connectivity index (χ1v) is 8.29. The predicted molar refractivity (Wildman–Crippen MR) is 87.0 cm³/mol. The molecule has 0 aromatic heterocycles. The number of aryl methyl sites for hydroxylation is 1. The van der Waals surface area contributed by atoms with Gasteiger partial charge in [-0.25, -0.2) is 0 Å². The highest BCUT2D eigenvalue weighted by atomic mass is 35.5. The quantitative estimate of drug-likeness (QED) is 0.635. The van der Waals surface area contributed by atoms with Crippen molar-refractivity contribution < 1.29 is 4.74 Å². The third-order valence-electron chi connectivity index (χ3n) is 5.06. The van der Waals surface area contributed by atoms with Crippen molar-refractivity contribution in [3.05, 3.63) is 29.3 Å². The molecule has 0 bridgehead atoms. The van der Waals surface area contributed by atoms with Crippen molar-refractivity contribution in [2.24, 2.45) is 5.41 Å². The van der Waals surface area contributed by atoms with E-state index in [1.54, 1.807) is 0 Å². The Labute approximate surface area is 128 Å². The van der Waals surface area contributed by atoms with E-state index in [1.165, 1.54) is 11.1 Å². The van der Waals surface area contributed by atoms with Gasteiger partial charge in [-0.3, -0.25) is 0 Å². The van der Waals surface area contributed by atoms with Crippen LogP contribution in [0.3, 0.4) is 0 Å². The Morgan fingerprint density at radius 2 is 1.95 bits per heavy atom. The highest BCUT2D eigenvalue weighted by molar-refractivity contribution is 6.21. The molecule has 1 aromatic carbocycles. The SMILES string of the molecule is CCC1(CC)C(Cl)CC1Oc1cc(C)ccc1C(C)C. The fourth-order valence-electron chi connectivity index (χ4n) is 3.39. The Bertz CT molecular complexity index is 462. The maximum atomic E-state index is 6.49. The average Bonchev–Trinajstić information content (AvgIpc) is 2.39. The number of hydrogen-bond donors (Lipinski definition) is 0. The lowest BCUT2D eigenvalue weighted by molar-refractivity contribution is -0.0467. The monoisotopic (exact) mass is 294 g/mol. The van der Waals surface area contributed by atoms with Crippen LogP contribution in [0.2, 0.25) is 0 Å². The normalized spacial score (nSPS) is 24.6. The molecule has 1 aliphatic rings. The van der Waals surface area contributed by atoms with E-state index in [1.807, 2.05) is 0 Å². The van der Waals surface area contributed by atoms with Gasteiger partial charge in [-0.2, -0.15) is 0 Å². The first kappa shape index (κ1) is 15.7. The van der Waals surface area contributed by atoms with E-state index in [0.29, 0.717) is 5.92 Å². The van der Waals surface area contributed by atoms with E-state index in [9.17, 15) is 0 Å². The molecule has 1 aliphatic carbocycles. The molecule has 0 aliphatic heterocycles. The Hall–Kier alpha value is -0.690. The molecule has 0 amide bonds. The van der Waals surface area contributed by atoms with Crippen molar-refractivity contribution in [2.75, 3.05) is 0 Å². The summed E-state index contributed by atoms with van der Waals surface area (Å²) < 4.78 is 6.41. The van der Waals surface area contributed by atoms with Crippen LogP contribution < -0.4 is 4.74 Å². The number of ether oxygens (including phenoxy) is 1. The molecule has 2 heteroatoms. The van der Waals surface area contributed by atoms with Crippen molar-refractivity contribution >= 4 is 11.6 Å². The predicted octanol–water partition coefficient (Wildman–Crippen LogP) is 5.68. The van der Waals surface area contributed by atoms with Gasteiger partial charge in [0.25, 0.3) is 0 Å². The van der Waals surface area contributed by atoms with E-state index in [2.05, 4.69) is 52.8 Å². The van der Waals surface area contributed by atoms with Crippen LogP contribution in [0, 0.1) is 12.3 Å². The minimum atomic E-state index is 0.152. The second kappa shape index (κ2) is 5.97. The van der Waals surface area contributed by atoms with Gasteiger partial charge in [0.05, 0.1) is 0 Å². The van der Waals surface area contributed by atoms with Crippen molar-refractivity contribution in [3.8, 4) is 5.75 Å². The maximum absolute atomic E-state index is 6.49. The van der Waals surface area contributed by atoms with Crippen LogP contribution in [-0.4, -0.2) is 11.5 Å². The summed E-state index contributed by atoms with van der Waals surface area (Å²) in [6.45, 7) is 11.0. The van der Waals surface area contributed by atoms with Gasteiger partial charge in [-0.1, -0.05) is 39.8 Å². The summed E-state index contributed by atoms with van der Waals surface area (Å²) in [4.78, 5) is 0. The number of benzene rings is 1. The molecule has 0 N–H and O–H groups in total. The summed E-state index contributed by atoms with van der Waals surface area (Å²) in [6, 6.07) is 6.54. The summed E-state index contributed by atoms with van der Waals surface area (Å²) in [7, 11) is 0. The van der Waals surface area contributed by atoms with Crippen LogP contribution in [0.25, 0.3) is 0 Å². The molecule has 2 atom stereocenters. The van der Waals surface area contributed by atoms with Gasteiger partial charge in [-0.05, 0) is 42.9 Å². The van der Waals surface area contributed by atoms with Gasteiger partial charge in [0.1, 0.15) is 11.9 Å². The minimum absolute atomic E-state index is 0.152. The van der Waals surface area contributed by atoms with Gasteiger partial charge in [-0.15, -0.1) is 11.6 Å². The van der Waals surface area contributed by atoms with E-state index >= 15 is 0 Å². The van der Waals surface area contributed by atoms with Gasteiger partial charge in [0.15, 0.2) is 0 Å².